The summed E-state index contributed by atoms with van der Waals surface area (Å²) in [6.45, 7) is 6.86. The number of benzene rings is 2. The molecule has 196 valence electrons. The summed E-state index contributed by atoms with van der Waals surface area (Å²) in [4.78, 5) is 11.8. The Balaban J connectivity index is 1.58. The molecule has 1 aromatic heterocycles. The van der Waals surface area contributed by atoms with Crippen molar-refractivity contribution in [3.63, 3.8) is 0 Å². The molecule has 11 heteroatoms. The summed E-state index contributed by atoms with van der Waals surface area (Å²) < 4.78 is 73.5. The first-order chi connectivity index (χ1) is 17.4. The standard InChI is InChI=1S/C26H24F3NO6S/c1-12-15-8-14(20-19(24(31)36-25(2,3)4)23(37-30-20)26(27,28)29)10-18(32-5)22(15)35-21(12)13-6-7-16-17(9-13)34-11-33-16/h6-10,12,21H,11H2,1-5H3/t12-,21-/m1/s1. The lowest BCUT2D eigenvalue weighted by atomic mass is 9.90. The van der Waals surface area contributed by atoms with Gasteiger partial charge in [-0.15, -0.1) is 0 Å². The van der Waals surface area contributed by atoms with Gasteiger partial charge in [0.2, 0.25) is 6.79 Å². The molecule has 0 N–H and O–H groups in total. The molecule has 2 aliphatic heterocycles. The van der Waals surface area contributed by atoms with Gasteiger partial charge in [-0.25, -0.2) is 4.79 Å². The van der Waals surface area contributed by atoms with Gasteiger partial charge in [-0.1, -0.05) is 13.0 Å². The fourth-order valence-electron chi connectivity index (χ4n) is 4.41. The van der Waals surface area contributed by atoms with Crippen LogP contribution in [0.1, 0.15) is 66.1 Å². The Morgan fingerprint density at radius 3 is 2.51 bits per heavy atom. The highest BCUT2D eigenvalue weighted by molar-refractivity contribution is 7.06. The van der Waals surface area contributed by atoms with E-state index < -0.39 is 34.3 Å². The lowest BCUT2D eigenvalue weighted by Crippen LogP contribution is -2.25. The number of fused-ring (bicyclic) bond motifs is 2. The number of nitrogens with zero attached hydrogens (tertiary/aromatic N) is 1. The fraction of sp³-hybridized carbons (Fsp3) is 0.385. The van der Waals surface area contributed by atoms with Crippen LogP contribution in [-0.4, -0.2) is 29.8 Å². The second kappa shape index (κ2) is 8.83. The number of methoxy groups -OCH3 is 1. The van der Waals surface area contributed by atoms with E-state index in [2.05, 4.69) is 4.37 Å². The first-order valence-electron chi connectivity index (χ1n) is 11.5. The van der Waals surface area contributed by atoms with Crippen LogP contribution < -0.4 is 18.9 Å². The Kier molecular flexibility index (Phi) is 6.01. The average molecular weight is 536 g/mol. The van der Waals surface area contributed by atoms with Crippen molar-refractivity contribution in [3.05, 3.63) is 51.9 Å². The summed E-state index contributed by atoms with van der Waals surface area (Å²) in [5.74, 6) is 0.762. The molecule has 2 aliphatic rings. The maximum absolute atomic E-state index is 13.8. The number of alkyl halides is 3. The van der Waals surface area contributed by atoms with Crippen molar-refractivity contribution in [1.29, 1.82) is 0 Å². The first kappa shape index (κ1) is 25.2. The zero-order chi connectivity index (χ0) is 26.7. The quantitative estimate of drug-likeness (QED) is 0.342. The highest BCUT2D eigenvalue weighted by Gasteiger charge is 2.42. The molecular formula is C26H24F3NO6S. The van der Waals surface area contributed by atoms with Gasteiger partial charge in [-0.05, 0) is 62.1 Å². The van der Waals surface area contributed by atoms with E-state index in [1.54, 1.807) is 32.9 Å². The highest BCUT2D eigenvalue weighted by Crippen LogP contribution is 2.53. The molecule has 3 heterocycles. The maximum Gasteiger partial charge on any atom is 0.428 e. The van der Waals surface area contributed by atoms with Crippen LogP contribution in [0.25, 0.3) is 11.3 Å². The lowest BCUT2D eigenvalue weighted by Gasteiger charge is -2.20. The van der Waals surface area contributed by atoms with Crippen molar-refractivity contribution in [2.45, 2.75) is 51.5 Å². The van der Waals surface area contributed by atoms with Crippen LogP contribution >= 0.6 is 11.5 Å². The molecule has 0 radical (unpaired) electrons. The van der Waals surface area contributed by atoms with Crippen LogP contribution in [-0.2, 0) is 10.9 Å². The van der Waals surface area contributed by atoms with E-state index in [0.29, 0.717) is 34.1 Å². The topological polar surface area (TPSA) is 76.1 Å². The average Bonchev–Trinajstić information content (AvgIpc) is 3.53. The summed E-state index contributed by atoms with van der Waals surface area (Å²) in [7, 11) is 1.44. The third-order valence-corrected chi connectivity index (χ3v) is 6.94. The molecule has 0 unspecified atom stereocenters. The normalized spacial score (nSPS) is 18.4. The van der Waals surface area contributed by atoms with Crippen LogP contribution in [0.4, 0.5) is 13.2 Å². The van der Waals surface area contributed by atoms with Crippen molar-refractivity contribution < 1.29 is 41.7 Å². The van der Waals surface area contributed by atoms with Crippen molar-refractivity contribution in [3.8, 4) is 34.3 Å². The summed E-state index contributed by atoms with van der Waals surface area (Å²) in [6.07, 6.45) is -5.18. The molecule has 7 nitrogen and oxygen atoms in total. The van der Waals surface area contributed by atoms with E-state index in [-0.39, 0.29) is 29.9 Å². The van der Waals surface area contributed by atoms with Crippen LogP contribution in [0.3, 0.4) is 0 Å². The zero-order valence-electron chi connectivity index (χ0n) is 20.7. The van der Waals surface area contributed by atoms with E-state index in [4.69, 9.17) is 23.7 Å². The van der Waals surface area contributed by atoms with E-state index in [0.717, 1.165) is 5.56 Å². The monoisotopic (exact) mass is 535 g/mol. The molecule has 0 aliphatic carbocycles. The molecule has 0 amide bonds. The lowest BCUT2D eigenvalue weighted by molar-refractivity contribution is -0.135. The molecule has 0 saturated heterocycles. The number of carbonyl (C=O) groups is 1. The smallest absolute Gasteiger partial charge is 0.428 e. The van der Waals surface area contributed by atoms with Crippen LogP contribution in [0, 0.1) is 0 Å². The third-order valence-electron chi connectivity index (χ3n) is 6.04. The Labute approximate surface area is 215 Å². The zero-order valence-corrected chi connectivity index (χ0v) is 21.5. The molecule has 37 heavy (non-hydrogen) atoms. The summed E-state index contributed by atoms with van der Waals surface area (Å²) in [5.41, 5.74) is 0.132. The van der Waals surface area contributed by atoms with Crippen molar-refractivity contribution in [2.24, 2.45) is 0 Å². The molecule has 0 saturated carbocycles. The van der Waals surface area contributed by atoms with Gasteiger partial charge < -0.3 is 23.7 Å². The molecule has 3 aromatic rings. The Bertz CT molecular complexity index is 1380. The van der Waals surface area contributed by atoms with E-state index >= 15 is 0 Å². The van der Waals surface area contributed by atoms with E-state index in [1.807, 2.05) is 19.1 Å². The molecule has 0 bridgehead atoms. The molecule has 2 atom stereocenters. The van der Waals surface area contributed by atoms with Crippen LogP contribution in [0.15, 0.2) is 30.3 Å². The number of hydrogen-bond donors (Lipinski definition) is 0. The number of esters is 1. The number of halogens is 3. The predicted molar refractivity (Wildman–Crippen MR) is 129 cm³/mol. The first-order valence-corrected chi connectivity index (χ1v) is 12.2. The van der Waals surface area contributed by atoms with Crippen molar-refractivity contribution in [1.82, 2.24) is 4.37 Å². The summed E-state index contributed by atoms with van der Waals surface area (Å²) >= 11 is 0.215. The third kappa shape index (κ3) is 4.56. The van der Waals surface area contributed by atoms with Crippen molar-refractivity contribution in [2.75, 3.05) is 13.9 Å². The summed E-state index contributed by atoms with van der Waals surface area (Å²) in [6, 6.07) is 8.75. The second-order valence-electron chi connectivity index (χ2n) is 9.77. The number of aromatic nitrogens is 1. The highest BCUT2D eigenvalue weighted by atomic mass is 32.1. The summed E-state index contributed by atoms with van der Waals surface area (Å²) in [5, 5.41) is 0. The molecule has 5 rings (SSSR count). The van der Waals surface area contributed by atoms with Gasteiger partial charge >= 0.3 is 12.1 Å². The minimum Gasteiger partial charge on any atom is -0.493 e. The van der Waals surface area contributed by atoms with Crippen molar-refractivity contribution >= 4 is 17.5 Å². The van der Waals surface area contributed by atoms with Gasteiger partial charge in [-0.2, -0.15) is 17.5 Å². The van der Waals surface area contributed by atoms with Crippen LogP contribution in [0.2, 0.25) is 0 Å². The Morgan fingerprint density at radius 2 is 1.84 bits per heavy atom. The molecule has 0 spiro atoms. The molecular weight excluding hydrogens is 511 g/mol. The predicted octanol–water partition coefficient (Wildman–Crippen LogP) is 6.76. The van der Waals surface area contributed by atoms with Gasteiger partial charge in [0.15, 0.2) is 23.0 Å². The molecule has 0 fully saturated rings. The SMILES string of the molecule is COc1cc(-c2nsc(C(F)(F)F)c2C(=O)OC(C)(C)C)cc2c1O[C@@H](c1ccc3c(c1)OCO3)[C@@H]2C. The van der Waals surface area contributed by atoms with Gasteiger partial charge in [0.25, 0.3) is 0 Å². The van der Waals surface area contributed by atoms with Gasteiger partial charge in [-0.3, -0.25) is 0 Å². The Morgan fingerprint density at radius 1 is 1.11 bits per heavy atom. The largest absolute Gasteiger partial charge is 0.493 e. The number of hydrogen-bond acceptors (Lipinski definition) is 8. The molecule has 2 aromatic carbocycles. The number of rotatable bonds is 4. The second-order valence-corrected chi connectivity index (χ2v) is 10.5. The Hall–Kier alpha value is -3.47. The van der Waals surface area contributed by atoms with Gasteiger partial charge in [0.1, 0.15) is 22.1 Å². The minimum atomic E-state index is -4.77. The van der Waals surface area contributed by atoms with E-state index in [1.165, 1.54) is 13.2 Å². The fourth-order valence-corrected chi connectivity index (χ4v) is 5.17. The van der Waals surface area contributed by atoms with E-state index in [9.17, 15) is 18.0 Å². The number of carbonyl (C=O) groups excluding carboxylic acids is 1. The minimum absolute atomic E-state index is 0.119. The van der Waals surface area contributed by atoms with Gasteiger partial charge in [0.05, 0.1) is 12.8 Å². The van der Waals surface area contributed by atoms with Crippen LogP contribution in [0.5, 0.6) is 23.0 Å². The number of ether oxygens (including phenoxy) is 5. The van der Waals surface area contributed by atoms with Gasteiger partial charge in [0, 0.05) is 17.0 Å². The maximum atomic E-state index is 13.8.